The van der Waals surface area contributed by atoms with Crippen molar-refractivity contribution < 1.29 is 19.7 Å². The Balaban J connectivity index is 1.15. The summed E-state index contributed by atoms with van der Waals surface area (Å²) in [6.07, 6.45) is 1.22. The second-order valence-electron chi connectivity index (χ2n) is 14.9. The van der Waals surface area contributed by atoms with Crippen molar-refractivity contribution in [3.8, 4) is 56.0 Å². The van der Waals surface area contributed by atoms with Crippen molar-refractivity contribution in [2.75, 3.05) is 31.3 Å². The topological polar surface area (TPSA) is 62.2 Å². The molecule has 5 nitrogen and oxygen atoms in total. The Hall–Kier alpha value is -6.01. The van der Waals surface area contributed by atoms with Crippen molar-refractivity contribution in [1.29, 1.82) is 0 Å². The van der Waals surface area contributed by atoms with Crippen molar-refractivity contribution in [3.63, 3.8) is 0 Å². The summed E-state index contributed by atoms with van der Waals surface area (Å²) in [5.41, 5.74) is 21.9. The molecule has 11 rings (SSSR count). The molecule has 7 heteroatoms. The molecule has 0 aliphatic carbocycles. The van der Waals surface area contributed by atoms with Crippen molar-refractivity contribution in [2.24, 2.45) is 0 Å². The third-order valence-corrected chi connectivity index (χ3v) is 12.0. The number of nitrogens with zero attached hydrogens (tertiary/aromatic N) is 1. The Morgan fingerprint density at radius 1 is 0.455 bits per heavy atom. The zero-order chi connectivity index (χ0) is 36.6. The third-order valence-electron chi connectivity index (χ3n) is 12.0. The molecule has 0 bridgehead atoms. The van der Waals surface area contributed by atoms with Crippen molar-refractivity contribution in [3.05, 3.63) is 140 Å². The van der Waals surface area contributed by atoms with E-state index in [1.807, 2.05) is 12.1 Å². The summed E-state index contributed by atoms with van der Waals surface area (Å²) in [6.45, 7) is 1.41. The molecule has 7 aromatic carbocycles. The molecule has 0 aromatic heterocycles. The molecular weight excluding hydrogens is 676 g/mol. The van der Waals surface area contributed by atoms with Crippen LogP contribution in [0.3, 0.4) is 0 Å². The lowest BCUT2D eigenvalue weighted by Gasteiger charge is -2.43. The van der Waals surface area contributed by atoms with Crippen LogP contribution < -0.4 is 47.2 Å². The maximum atomic E-state index is 9.26. The summed E-state index contributed by atoms with van der Waals surface area (Å²) in [6, 6.07) is 51.3. The molecule has 0 fully saturated rings. The van der Waals surface area contributed by atoms with Crippen LogP contribution in [0.25, 0.3) is 44.5 Å². The fourth-order valence-electron chi connectivity index (χ4n) is 9.74. The van der Waals surface area contributed by atoms with Crippen LogP contribution in [0.5, 0.6) is 11.5 Å². The Kier molecular flexibility index (Phi) is 7.55. The van der Waals surface area contributed by atoms with Crippen LogP contribution in [-0.4, -0.2) is 50.1 Å². The molecule has 2 N–H and O–H groups in total. The van der Waals surface area contributed by atoms with Gasteiger partial charge in [0.15, 0.2) is 0 Å². The van der Waals surface area contributed by atoms with E-state index in [2.05, 4.69) is 132 Å². The van der Waals surface area contributed by atoms with Gasteiger partial charge >= 0.3 is 0 Å². The number of aliphatic hydroxyl groups excluding tert-OH is 2. The average molecular weight is 713 g/mol. The average Bonchev–Trinajstić information content (AvgIpc) is 3.76. The van der Waals surface area contributed by atoms with Crippen LogP contribution in [0.15, 0.2) is 140 Å². The highest BCUT2D eigenvalue weighted by Gasteiger charge is 2.50. The fourth-order valence-corrected chi connectivity index (χ4v) is 9.74. The molecule has 0 spiro atoms. The zero-order valence-electron chi connectivity index (χ0n) is 30.3. The Morgan fingerprint density at radius 2 is 1.02 bits per heavy atom. The molecule has 4 aliphatic heterocycles. The summed E-state index contributed by atoms with van der Waals surface area (Å²) >= 11 is 0. The van der Waals surface area contributed by atoms with Gasteiger partial charge in [-0.3, -0.25) is 0 Å². The lowest BCUT2D eigenvalue weighted by atomic mass is 9.32. The van der Waals surface area contributed by atoms with Gasteiger partial charge in [0.25, 0.3) is 0 Å². The van der Waals surface area contributed by atoms with Gasteiger partial charge in [0.05, 0.1) is 13.2 Å². The number of aliphatic hydroxyl groups is 2. The number of hydrogen-bond acceptors (Lipinski definition) is 5. The largest absolute Gasteiger partial charge is 0.494 e. The number of fused-ring (bicyclic) bond motifs is 10. The summed E-state index contributed by atoms with van der Waals surface area (Å²) in [4.78, 5) is 2.58. The Bertz CT molecular complexity index is 2660. The van der Waals surface area contributed by atoms with Gasteiger partial charge < -0.3 is 24.6 Å². The lowest BCUT2D eigenvalue weighted by Crippen LogP contribution is -2.63. The standard InChI is InChI=1S/C48H37B2NO4/c52-24-6-26-54-33-18-14-30(15-19-33)32-28-41-48-42(29-32)50-40-12-4-2-9-38(40)45-35(31-16-20-34(21-17-31)55-27-7-25-53)22-23-44(47(45)50)51(48)43-13-5-10-37-36-8-1-3-11-39(36)49(41)46(37)43/h1-5,8-23,28-29,52-53H,6-7,24-27H2. The molecular formula is C48H37B2NO4. The highest BCUT2D eigenvalue weighted by molar-refractivity contribution is 7.05. The highest BCUT2D eigenvalue weighted by atomic mass is 16.5. The number of hydrogen-bond donors (Lipinski definition) is 2. The quantitative estimate of drug-likeness (QED) is 0.142. The van der Waals surface area contributed by atoms with E-state index in [0.717, 1.165) is 22.6 Å². The second-order valence-corrected chi connectivity index (χ2v) is 14.9. The molecule has 0 unspecified atom stereocenters. The van der Waals surface area contributed by atoms with E-state index < -0.39 is 0 Å². The Morgan fingerprint density at radius 3 is 1.69 bits per heavy atom. The van der Waals surface area contributed by atoms with Gasteiger partial charge in [-0.05, 0) is 103 Å². The molecule has 4 heterocycles. The minimum atomic E-state index is 0.0645. The first-order valence-electron chi connectivity index (χ1n) is 19.4. The normalized spacial score (nSPS) is 13.2. The highest BCUT2D eigenvalue weighted by Crippen LogP contribution is 2.46. The smallest absolute Gasteiger partial charge is 0.248 e. The van der Waals surface area contributed by atoms with Crippen LogP contribution in [-0.2, 0) is 0 Å². The number of ether oxygens (including phenoxy) is 2. The van der Waals surface area contributed by atoms with E-state index in [-0.39, 0.29) is 26.6 Å². The van der Waals surface area contributed by atoms with E-state index in [0.29, 0.717) is 26.1 Å². The molecule has 0 saturated heterocycles. The molecule has 0 saturated carbocycles. The summed E-state index contributed by atoms with van der Waals surface area (Å²) in [5, 5.41) is 18.5. The minimum absolute atomic E-state index is 0.0645. The first-order valence-corrected chi connectivity index (χ1v) is 19.4. The van der Waals surface area contributed by atoms with Gasteiger partial charge in [-0.2, -0.15) is 0 Å². The SMILES string of the molecule is OCCCOc1ccc(-c2cc3c4c(c2)B2c5ccccc5-c5c(-c6ccc(OCCCO)cc6)ccc(c52)N4c2cccc4c2B3c2ccccc2-4)cc1. The van der Waals surface area contributed by atoms with Gasteiger partial charge in [0, 0.05) is 43.1 Å². The van der Waals surface area contributed by atoms with E-state index in [4.69, 9.17) is 9.47 Å². The van der Waals surface area contributed by atoms with Crippen LogP contribution in [0, 0.1) is 0 Å². The van der Waals surface area contributed by atoms with Gasteiger partial charge in [-0.25, -0.2) is 0 Å². The van der Waals surface area contributed by atoms with Crippen molar-refractivity contribution >= 4 is 63.3 Å². The van der Waals surface area contributed by atoms with Crippen LogP contribution >= 0.6 is 0 Å². The monoisotopic (exact) mass is 713 g/mol. The molecule has 264 valence electrons. The number of benzene rings is 7. The van der Waals surface area contributed by atoms with Crippen LogP contribution in [0.2, 0.25) is 0 Å². The van der Waals surface area contributed by atoms with Crippen LogP contribution in [0.4, 0.5) is 17.1 Å². The molecule has 55 heavy (non-hydrogen) atoms. The summed E-state index contributed by atoms with van der Waals surface area (Å²) < 4.78 is 11.8. The van der Waals surface area contributed by atoms with Crippen molar-refractivity contribution in [2.45, 2.75) is 12.8 Å². The molecule has 0 atom stereocenters. The van der Waals surface area contributed by atoms with E-state index in [1.54, 1.807) is 0 Å². The number of anilines is 3. The molecule has 4 aliphatic rings. The molecule has 0 radical (unpaired) electrons. The van der Waals surface area contributed by atoms with Gasteiger partial charge in [-0.15, -0.1) is 0 Å². The summed E-state index contributed by atoms with van der Waals surface area (Å²) in [7, 11) is 0. The number of rotatable bonds is 10. The second kappa shape index (κ2) is 12.8. The van der Waals surface area contributed by atoms with Gasteiger partial charge in [0.1, 0.15) is 11.5 Å². The predicted octanol–water partition coefficient (Wildman–Crippen LogP) is 5.63. The minimum Gasteiger partial charge on any atom is -0.494 e. The van der Waals surface area contributed by atoms with Crippen molar-refractivity contribution in [1.82, 2.24) is 0 Å². The van der Waals surface area contributed by atoms with Gasteiger partial charge in [0.2, 0.25) is 13.4 Å². The first kappa shape index (κ1) is 32.4. The zero-order valence-corrected chi connectivity index (χ0v) is 30.3. The molecule has 7 aromatic rings. The van der Waals surface area contributed by atoms with E-state index >= 15 is 0 Å². The Labute approximate surface area is 321 Å². The summed E-state index contributed by atoms with van der Waals surface area (Å²) in [5.74, 6) is 1.62. The van der Waals surface area contributed by atoms with E-state index in [1.165, 1.54) is 83.2 Å². The first-order chi connectivity index (χ1) is 27.2. The molecule has 0 amide bonds. The predicted molar refractivity (Wildman–Crippen MR) is 227 cm³/mol. The fraction of sp³-hybridized carbons (Fsp3) is 0.125. The van der Waals surface area contributed by atoms with Crippen LogP contribution in [0.1, 0.15) is 12.8 Å². The van der Waals surface area contributed by atoms with Gasteiger partial charge in [-0.1, -0.05) is 114 Å². The third kappa shape index (κ3) is 4.83. The maximum absolute atomic E-state index is 9.26. The maximum Gasteiger partial charge on any atom is 0.248 e. The van der Waals surface area contributed by atoms with E-state index in [9.17, 15) is 10.2 Å². The lowest BCUT2D eigenvalue weighted by molar-refractivity contribution is 0.233.